The zero-order valence-electron chi connectivity index (χ0n) is 10.5. The first-order valence-electron chi connectivity index (χ1n) is 6.39. The summed E-state index contributed by atoms with van der Waals surface area (Å²) in [7, 11) is 3.65. The van der Waals surface area contributed by atoms with Crippen LogP contribution in [0.4, 0.5) is 0 Å². The van der Waals surface area contributed by atoms with Gasteiger partial charge in [-0.3, -0.25) is 0 Å². The van der Waals surface area contributed by atoms with Crippen LogP contribution in [0, 0.1) is 0 Å². The molecule has 2 rings (SSSR count). The smallest absolute Gasteiger partial charge is 0.0596 e. The second kappa shape index (κ2) is 5.96. The molecular weight excluding hydrogens is 204 g/mol. The van der Waals surface area contributed by atoms with Gasteiger partial charge in [0.15, 0.2) is 0 Å². The Balaban J connectivity index is 1.73. The Morgan fingerprint density at radius 2 is 1.00 bits per heavy atom. The highest BCUT2D eigenvalue weighted by Crippen LogP contribution is 2.19. The molecule has 0 radical (unpaired) electrons. The van der Waals surface area contributed by atoms with Crippen molar-refractivity contribution >= 4 is 0 Å². The molecule has 2 fully saturated rings. The SMILES string of the molecule is COC1CCN(N2CCC(OC)CC2)CC1. The van der Waals surface area contributed by atoms with Crippen LogP contribution in [0.25, 0.3) is 0 Å². The molecule has 0 unspecified atom stereocenters. The van der Waals surface area contributed by atoms with E-state index >= 15 is 0 Å². The minimum atomic E-state index is 0.479. The van der Waals surface area contributed by atoms with Crippen LogP contribution in [0.1, 0.15) is 25.7 Å². The summed E-state index contributed by atoms with van der Waals surface area (Å²) < 4.78 is 10.8. The molecule has 2 aliphatic rings. The molecule has 2 aliphatic heterocycles. The number of hydrogen-bond acceptors (Lipinski definition) is 4. The first-order chi connectivity index (χ1) is 7.83. The number of hydrogen-bond donors (Lipinski definition) is 0. The number of piperidine rings is 2. The van der Waals surface area contributed by atoms with Crippen LogP contribution in [0.3, 0.4) is 0 Å². The third-order valence-electron chi connectivity index (χ3n) is 3.90. The van der Waals surface area contributed by atoms with E-state index in [1.807, 2.05) is 14.2 Å². The van der Waals surface area contributed by atoms with Gasteiger partial charge >= 0.3 is 0 Å². The number of hydrazine groups is 1. The second-order valence-electron chi connectivity index (χ2n) is 4.78. The summed E-state index contributed by atoms with van der Waals surface area (Å²) in [5.41, 5.74) is 0. The molecule has 0 bridgehead atoms. The largest absolute Gasteiger partial charge is 0.381 e. The quantitative estimate of drug-likeness (QED) is 0.723. The molecule has 2 saturated heterocycles. The fourth-order valence-electron chi connectivity index (χ4n) is 2.72. The Kier molecular flexibility index (Phi) is 4.58. The molecule has 0 amide bonds. The van der Waals surface area contributed by atoms with Gasteiger partial charge < -0.3 is 9.47 Å². The summed E-state index contributed by atoms with van der Waals surface area (Å²) in [5.74, 6) is 0. The first-order valence-corrected chi connectivity index (χ1v) is 6.39. The van der Waals surface area contributed by atoms with Crippen molar-refractivity contribution in [2.24, 2.45) is 0 Å². The van der Waals surface area contributed by atoms with Crippen LogP contribution in [0.15, 0.2) is 0 Å². The molecule has 0 aromatic rings. The van der Waals surface area contributed by atoms with Crippen LogP contribution in [0.5, 0.6) is 0 Å². The highest BCUT2D eigenvalue weighted by atomic mass is 16.5. The van der Waals surface area contributed by atoms with Gasteiger partial charge in [-0.05, 0) is 25.7 Å². The summed E-state index contributed by atoms with van der Waals surface area (Å²) in [6.45, 7) is 4.60. The van der Waals surface area contributed by atoms with Gasteiger partial charge in [0.2, 0.25) is 0 Å². The van der Waals surface area contributed by atoms with Crippen molar-refractivity contribution < 1.29 is 9.47 Å². The lowest BCUT2D eigenvalue weighted by Gasteiger charge is -2.42. The van der Waals surface area contributed by atoms with Gasteiger partial charge in [-0.25, -0.2) is 10.0 Å². The third kappa shape index (κ3) is 2.94. The van der Waals surface area contributed by atoms with Crippen LogP contribution < -0.4 is 0 Å². The van der Waals surface area contributed by atoms with Crippen molar-refractivity contribution in [1.82, 2.24) is 10.0 Å². The van der Waals surface area contributed by atoms with E-state index in [1.165, 1.54) is 25.7 Å². The Morgan fingerprint density at radius 3 is 1.25 bits per heavy atom. The average Bonchev–Trinajstić information content (AvgIpc) is 2.39. The van der Waals surface area contributed by atoms with E-state index in [0.717, 1.165) is 26.2 Å². The lowest BCUT2D eigenvalue weighted by Crippen LogP contribution is -2.51. The minimum Gasteiger partial charge on any atom is -0.381 e. The molecule has 2 heterocycles. The molecular formula is C12H24N2O2. The van der Waals surface area contributed by atoms with Crippen molar-refractivity contribution in [2.75, 3.05) is 40.4 Å². The highest BCUT2D eigenvalue weighted by molar-refractivity contribution is 4.75. The molecule has 0 atom stereocenters. The van der Waals surface area contributed by atoms with Crippen LogP contribution >= 0.6 is 0 Å². The Hall–Kier alpha value is -0.160. The van der Waals surface area contributed by atoms with Gasteiger partial charge in [0.25, 0.3) is 0 Å². The standard InChI is InChI=1S/C12H24N2O2/c1-15-11-3-7-13(8-4-11)14-9-5-12(16-2)6-10-14/h11-12H,3-10H2,1-2H3. The maximum absolute atomic E-state index is 5.40. The molecule has 94 valence electrons. The minimum absolute atomic E-state index is 0.479. The van der Waals surface area contributed by atoms with E-state index in [2.05, 4.69) is 10.0 Å². The zero-order valence-corrected chi connectivity index (χ0v) is 10.5. The van der Waals surface area contributed by atoms with E-state index in [0.29, 0.717) is 12.2 Å². The van der Waals surface area contributed by atoms with Crippen LogP contribution in [0.2, 0.25) is 0 Å². The number of ether oxygens (including phenoxy) is 2. The summed E-state index contributed by atoms with van der Waals surface area (Å²) in [6.07, 6.45) is 5.63. The van der Waals surface area contributed by atoms with Gasteiger partial charge in [-0.1, -0.05) is 0 Å². The van der Waals surface area contributed by atoms with Crippen LogP contribution in [-0.2, 0) is 9.47 Å². The van der Waals surface area contributed by atoms with Gasteiger partial charge in [-0.15, -0.1) is 0 Å². The summed E-state index contributed by atoms with van der Waals surface area (Å²) >= 11 is 0. The van der Waals surface area contributed by atoms with Gasteiger partial charge in [0, 0.05) is 40.4 Å². The van der Waals surface area contributed by atoms with E-state index < -0.39 is 0 Å². The topological polar surface area (TPSA) is 24.9 Å². The second-order valence-corrected chi connectivity index (χ2v) is 4.78. The summed E-state index contributed by atoms with van der Waals surface area (Å²) in [4.78, 5) is 0. The maximum Gasteiger partial charge on any atom is 0.0596 e. The van der Waals surface area contributed by atoms with Crippen molar-refractivity contribution in [2.45, 2.75) is 37.9 Å². The predicted octanol–water partition coefficient (Wildman–Crippen LogP) is 1.12. The molecule has 0 aromatic carbocycles. The monoisotopic (exact) mass is 228 g/mol. The number of methoxy groups -OCH3 is 2. The number of nitrogens with zero attached hydrogens (tertiary/aromatic N) is 2. The molecule has 0 saturated carbocycles. The first kappa shape index (κ1) is 12.3. The average molecular weight is 228 g/mol. The molecule has 0 aliphatic carbocycles. The normalized spacial score (nSPS) is 27.4. The van der Waals surface area contributed by atoms with Gasteiger partial charge in [0.05, 0.1) is 12.2 Å². The van der Waals surface area contributed by atoms with Crippen molar-refractivity contribution in [1.29, 1.82) is 0 Å². The highest BCUT2D eigenvalue weighted by Gasteiger charge is 2.26. The molecule has 0 N–H and O–H groups in total. The lowest BCUT2D eigenvalue weighted by molar-refractivity contribution is -0.0993. The molecule has 0 aromatic heterocycles. The molecule has 16 heavy (non-hydrogen) atoms. The molecule has 4 heteroatoms. The van der Waals surface area contributed by atoms with E-state index in [-0.39, 0.29) is 0 Å². The fraction of sp³-hybridized carbons (Fsp3) is 1.00. The van der Waals surface area contributed by atoms with E-state index in [4.69, 9.17) is 9.47 Å². The summed E-state index contributed by atoms with van der Waals surface area (Å²) in [6, 6.07) is 0. The Morgan fingerprint density at radius 1 is 0.688 bits per heavy atom. The number of rotatable bonds is 3. The maximum atomic E-state index is 5.40. The lowest BCUT2D eigenvalue weighted by atomic mass is 10.1. The van der Waals surface area contributed by atoms with Crippen LogP contribution in [-0.4, -0.2) is 62.6 Å². The Labute approximate surface area is 98.5 Å². The van der Waals surface area contributed by atoms with Crippen molar-refractivity contribution in [3.63, 3.8) is 0 Å². The van der Waals surface area contributed by atoms with E-state index in [9.17, 15) is 0 Å². The third-order valence-corrected chi connectivity index (χ3v) is 3.90. The Bertz CT molecular complexity index is 175. The van der Waals surface area contributed by atoms with Gasteiger partial charge in [0.1, 0.15) is 0 Å². The molecule has 4 nitrogen and oxygen atoms in total. The fourth-order valence-corrected chi connectivity index (χ4v) is 2.72. The molecule has 0 spiro atoms. The van der Waals surface area contributed by atoms with E-state index in [1.54, 1.807) is 0 Å². The van der Waals surface area contributed by atoms with Crippen molar-refractivity contribution in [3.8, 4) is 0 Å². The predicted molar refractivity (Wildman–Crippen MR) is 63.2 cm³/mol. The van der Waals surface area contributed by atoms with Gasteiger partial charge in [-0.2, -0.15) is 0 Å². The van der Waals surface area contributed by atoms with Crippen molar-refractivity contribution in [3.05, 3.63) is 0 Å². The summed E-state index contributed by atoms with van der Waals surface area (Å²) in [5, 5.41) is 5.00. The zero-order chi connectivity index (χ0) is 11.4.